The third kappa shape index (κ3) is 4.85. The quantitative estimate of drug-likeness (QED) is 0.726. The second-order valence-electron chi connectivity index (χ2n) is 6.71. The molecule has 150 valence electrons. The van der Waals surface area contributed by atoms with Crippen LogP contribution >= 0.6 is 0 Å². The first kappa shape index (κ1) is 20.2. The summed E-state index contributed by atoms with van der Waals surface area (Å²) in [4.78, 5) is 23.6. The van der Waals surface area contributed by atoms with Crippen LogP contribution in [0.25, 0.3) is 0 Å². The number of fused-ring (bicyclic) bond motifs is 1. The van der Waals surface area contributed by atoms with Crippen molar-refractivity contribution in [3.05, 3.63) is 51.9 Å². The highest BCUT2D eigenvalue weighted by Crippen LogP contribution is 2.17. The SMILES string of the molecule is CCC(=O)Nc1ccc(S(=O)(=O)NCCn2nc3c(cc2=O)CCCC3)cc1. The van der Waals surface area contributed by atoms with Crippen molar-refractivity contribution in [2.24, 2.45) is 0 Å². The molecular formula is C19H24N4O4S. The molecular weight excluding hydrogens is 380 g/mol. The van der Waals surface area contributed by atoms with E-state index in [0.29, 0.717) is 12.1 Å². The Kier molecular flexibility index (Phi) is 6.25. The molecule has 9 heteroatoms. The van der Waals surface area contributed by atoms with E-state index < -0.39 is 10.0 Å². The molecule has 1 amide bonds. The standard InChI is InChI=1S/C19H24N4O4S/c1-2-18(24)21-15-7-9-16(10-8-15)28(26,27)20-11-12-23-19(25)13-14-5-3-4-6-17(14)22-23/h7-10,13,20H,2-6,11-12H2,1H3,(H,21,24). The number of hydrogen-bond acceptors (Lipinski definition) is 5. The van der Waals surface area contributed by atoms with Crippen molar-refractivity contribution in [1.82, 2.24) is 14.5 Å². The molecule has 0 saturated carbocycles. The fourth-order valence-electron chi connectivity index (χ4n) is 3.10. The summed E-state index contributed by atoms with van der Waals surface area (Å²) in [6.07, 6.45) is 4.19. The van der Waals surface area contributed by atoms with Gasteiger partial charge in [-0.05, 0) is 55.5 Å². The first-order valence-electron chi connectivity index (χ1n) is 9.38. The van der Waals surface area contributed by atoms with E-state index in [1.807, 2.05) is 0 Å². The number of rotatable bonds is 7. The average Bonchev–Trinajstić information content (AvgIpc) is 2.68. The number of aryl methyl sites for hydroxylation is 2. The number of anilines is 1. The Morgan fingerprint density at radius 1 is 1.18 bits per heavy atom. The Hall–Kier alpha value is -2.52. The Labute approximate surface area is 164 Å². The molecule has 1 aromatic heterocycles. The number of sulfonamides is 1. The number of aromatic nitrogens is 2. The van der Waals surface area contributed by atoms with Crippen LogP contribution in [0.2, 0.25) is 0 Å². The minimum atomic E-state index is -3.72. The van der Waals surface area contributed by atoms with E-state index >= 15 is 0 Å². The Bertz CT molecular complexity index is 1010. The van der Waals surface area contributed by atoms with E-state index in [1.54, 1.807) is 13.0 Å². The van der Waals surface area contributed by atoms with Crippen LogP contribution in [0.4, 0.5) is 5.69 Å². The summed E-state index contributed by atoms with van der Waals surface area (Å²) >= 11 is 0. The van der Waals surface area contributed by atoms with Gasteiger partial charge in [-0.25, -0.2) is 17.8 Å². The fourth-order valence-corrected chi connectivity index (χ4v) is 4.12. The summed E-state index contributed by atoms with van der Waals surface area (Å²) in [5.74, 6) is -0.142. The molecule has 0 bridgehead atoms. The molecule has 0 unspecified atom stereocenters. The molecule has 0 radical (unpaired) electrons. The number of carbonyl (C=O) groups is 1. The van der Waals surface area contributed by atoms with Crippen molar-refractivity contribution < 1.29 is 13.2 Å². The Balaban J connectivity index is 1.62. The van der Waals surface area contributed by atoms with Gasteiger partial charge in [0.05, 0.1) is 17.1 Å². The van der Waals surface area contributed by atoms with Crippen LogP contribution in [-0.2, 0) is 34.2 Å². The second kappa shape index (κ2) is 8.66. The van der Waals surface area contributed by atoms with E-state index in [-0.39, 0.29) is 29.5 Å². The second-order valence-corrected chi connectivity index (χ2v) is 8.48. The van der Waals surface area contributed by atoms with E-state index in [2.05, 4.69) is 15.1 Å². The van der Waals surface area contributed by atoms with E-state index in [9.17, 15) is 18.0 Å². The molecule has 2 aromatic rings. The molecule has 0 atom stereocenters. The monoisotopic (exact) mass is 404 g/mol. The van der Waals surface area contributed by atoms with Crippen LogP contribution in [0, 0.1) is 0 Å². The smallest absolute Gasteiger partial charge is 0.267 e. The highest BCUT2D eigenvalue weighted by Gasteiger charge is 2.16. The number of nitrogens with one attached hydrogen (secondary N) is 2. The number of carbonyl (C=O) groups excluding carboxylic acids is 1. The summed E-state index contributed by atoms with van der Waals surface area (Å²) < 4.78 is 28.6. The summed E-state index contributed by atoms with van der Waals surface area (Å²) in [5.41, 5.74) is 2.26. The minimum absolute atomic E-state index is 0.0579. The zero-order valence-electron chi connectivity index (χ0n) is 15.8. The highest BCUT2D eigenvalue weighted by atomic mass is 32.2. The van der Waals surface area contributed by atoms with Gasteiger partial charge in [-0.3, -0.25) is 9.59 Å². The first-order valence-corrected chi connectivity index (χ1v) is 10.9. The van der Waals surface area contributed by atoms with Crippen molar-refractivity contribution in [2.45, 2.75) is 50.5 Å². The largest absolute Gasteiger partial charge is 0.326 e. The van der Waals surface area contributed by atoms with Crippen LogP contribution in [0.3, 0.4) is 0 Å². The molecule has 0 spiro atoms. The zero-order valence-corrected chi connectivity index (χ0v) is 16.6. The summed E-state index contributed by atoms with van der Waals surface area (Å²) in [6, 6.07) is 7.54. The van der Waals surface area contributed by atoms with Crippen molar-refractivity contribution >= 4 is 21.6 Å². The van der Waals surface area contributed by atoms with Gasteiger partial charge < -0.3 is 5.32 Å². The van der Waals surface area contributed by atoms with Crippen LogP contribution in [0.1, 0.15) is 37.4 Å². The van der Waals surface area contributed by atoms with Crippen molar-refractivity contribution in [3.8, 4) is 0 Å². The molecule has 3 rings (SSSR count). The molecule has 1 aromatic carbocycles. The molecule has 0 saturated heterocycles. The Morgan fingerprint density at radius 2 is 1.89 bits per heavy atom. The van der Waals surface area contributed by atoms with Crippen molar-refractivity contribution in [1.29, 1.82) is 0 Å². The minimum Gasteiger partial charge on any atom is -0.326 e. The first-order chi connectivity index (χ1) is 13.4. The number of benzene rings is 1. The predicted octanol–water partition coefficient (Wildman–Crippen LogP) is 1.45. The summed E-state index contributed by atoms with van der Waals surface area (Å²) in [5, 5.41) is 7.05. The molecule has 2 N–H and O–H groups in total. The zero-order chi connectivity index (χ0) is 20.1. The Morgan fingerprint density at radius 3 is 2.61 bits per heavy atom. The number of nitrogens with zero attached hydrogens (tertiary/aromatic N) is 2. The van der Waals surface area contributed by atoms with Crippen LogP contribution in [-0.4, -0.2) is 30.7 Å². The van der Waals surface area contributed by atoms with Crippen LogP contribution in [0.15, 0.2) is 40.0 Å². The van der Waals surface area contributed by atoms with E-state index in [1.165, 1.54) is 28.9 Å². The van der Waals surface area contributed by atoms with E-state index in [0.717, 1.165) is 36.9 Å². The molecule has 1 heterocycles. The lowest BCUT2D eigenvalue weighted by atomic mass is 9.97. The molecule has 0 fully saturated rings. The van der Waals surface area contributed by atoms with Gasteiger partial charge in [0.25, 0.3) is 5.56 Å². The fraction of sp³-hybridized carbons (Fsp3) is 0.421. The number of hydrogen-bond donors (Lipinski definition) is 2. The maximum absolute atomic E-state index is 12.4. The van der Waals surface area contributed by atoms with Gasteiger partial charge in [-0.1, -0.05) is 6.92 Å². The molecule has 8 nitrogen and oxygen atoms in total. The van der Waals surface area contributed by atoms with Gasteiger partial charge in [0.15, 0.2) is 0 Å². The van der Waals surface area contributed by atoms with Crippen LogP contribution in [0.5, 0.6) is 0 Å². The molecule has 1 aliphatic carbocycles. The van der Waals surface area contributed by atoms with Gasteiger partial charge in [0.2, 0.25) is 15.9 Å². The van der Waals surface area contributed by atoms with Crippen LogP contribution < -0.4 is 15.6 Å². The predicted molar refractivity (Wildman–Crippen MR) is 106 cm³/mol. The average molecular weight is 404 g/mol. The molecule has 1 aliphatic rings. The lowest BCUT2D eigenvalue weighted by Gasteiger charge is -2.16. The van der Waals surface area contributed by atoms with Gasteiger partial charge in [0, 0.05) is 24.7 Å². The normalized spacial score (nSPS) is 13.8. The summed E-state index contributed by atoms with van der Waals surface area (Å²) in [6.45, 7) is 1.96. The maximum Gasteiger partial charge on any atom is 0.267 e. The molecule has 0 aliphatic heterocycles. The third-order valence-electron chi connectivity index (χ3n) is 4.66. The molecule has 28 heavy (non-hydrogen) atoms. The summed E-state index contributed by atoms with van der Waals surface area (Å²) in [7, 11) is -3.72. The van der Waals surface area contributed by atoms with E-state index in [4.69, 9.17) is 0 Å². The lowest BCUT2D eigenvalue weighted by Crippen LogP contribution is -2.33. The van der Waals surface area contributed by atoms with Gasteiger partial charge >= 0.3 is 0 Å². The third-order valence-corrected chi connectivity index (χ3v) is 6.14. The lowest BCUT2D eigenvalue weighted by molar-refractivity contribution is -0.115. The van der Waals surface area contributed by atoms with Gasteiger partial charge in [0.1, 0.15) is 0 Å². The topological polar surface area (TPSA) is 110 Å². The highest BCUT2D eigenvalue weighted by molar-refractivity contribution is 7.89. The maximum atomic E-state index is 12.4. The van der Waals surface area contributed by atoms with Crippen molar-refractivity contribution in [2.75, 3.05) is 11.9 Å². The number of amides is 1. The van der Waals surface area contributed by atoms with Gasteiger partial charge in [-0.2, -0.15) is 5.10 Å². The van der Waals surface area contributed by atoms with Crippen molar-refractivity contribution in [3.63, 3.8) is 0 Å². The van der Waals surface area contributed by atoms with Gasteiger partial charge in [-0.15, -0.1) is 0 Å².